The largest absolute Gasteiger partial charge is 0.496 e. The molecule has 5 heteroatoms. The summed E-state index contributed by atoms with van der Waals surface area (Å²) >= 11 is 2.22. The quantitative estimate of drug-likeness (QED) is 0.747. The first kappa shape index (κ1) is 16.2. The Morgan fingerprint density at radius 2 is 2.16 bits per heavy atom. The Morgan fingerprint density at radius 1 is 1.53 bits per heavy atom. The fourth-order valence-corrected chi connectivity index (χ4v) is 2.70. The van der Waals surface area contributed by atoms with Crippen LogP contribution in [0.15, 0.2) is 18.2 Å². The zero-order chi connectivity index (χ0) is 14.6. The van der Waals surface area contributed by atoms with Gasteiger partial charge in [0, 0.05) is 15.2 Å². The number of methoxy groups -OCH3 is 1. The Balaban J connectivity index is 2.91. The van der Waals surface area contributed by atoms with Gasteiger partial charge in [-0.1, -0.05) is 13.8 Å². The second-order valence-electron chi connectivity index (χ2n) is 5.43. The number of carbonyl (C=O) groups is 1. The maximum Gasteiger partial charge on any atom is 0.303 e. The van der Waals surface area contributed by atoms with Gasteiger partial charge >= 0.3 is 5.97 Å². The van der Waals surface area contributed by atoms with Gasteiger partial charge in [-0.25, -0.2) is 0 Å². The van der Waals surface area contributed by atoms with Gasteiger partial charge in [0.05, 0.1) is 13.5 Å². The molecule has 0 saturated carbocycles. The maximum atomic E-state index is 10.8. The molecule has 0 spiro atoms. The second kappa shape index (κ2) is 6.56. The highest BCUT2D eigenvalue weighted by Crippen LogP contribution is 2.35. The van der Waals surface area contributed by atoms with Crippen LogP contribution in [0.5, 0.6) is 5.75 Å². The van der Waals surface area contributed by atoms with Crippen molar-refractivity contribution in [1.82, 2.24) is 0 Å². The summed E-state index contributed by atoms with van der Waals surface area (Å²) < 4.78 is 6.40. The van der Waals surface area contributed by atoms with Gasteiger partial charge in [0.15, 0.2) is 0 Å². The van der Waals surface area contributed by atoms with Crippen molar-refractivity contribution >= 4 is 28.6 Å². The number of hydrogen-bond acceptors (Lipinski definition) is 3. The van der Waals surface area contributed by atoms with E-state index < -0.39 is 5.97 Å². The van der Waals surface area contributed by atoms with Crippen molar-refractivity contribution in [3.8, 4) is 5.75 Å². The van der Waals surface area contributed by atoms with Crippen molar-refractivity contribution in [2.75, 3.05) is 7.11 Å². The molecule has 1 rings (SSSR count). The van der Waals surface area contributed by atoms with E-state index in [0.29, 0.717) is 6.42 Å². The van der Waals surface area contributed by atoms with Crippen LogP contribution < -0.4 is 10.5 Å². The van der Waals surface area contributed by atoms with E-state index in [2.05, 4.69) is 22.6 Å². The molecule has 3 N–H and O–H groups in total. The van der Waals surface area contributed by atoms with E-state index >= 15 is 0 Å². The number of carboxylic acid groups (broad SMARTS) is 1. The fraction of sp³-hybridized carbons (Fsp3) is 0.500. The van der Waals surface area contributed by atoms with Crippen LogP contribution in [-0.2, 0) is 4.79 Å². The van der Waals surface area contributed by atoms with Crippen LogP contribution in [0.3, 0.4) is 0 Å². The Bertz CT molecular complexity index is 460. The summed E-state index contributed by atoms with van der Waals surface area (Å²) in [4.78, 5) is 10.8. The number of aliphatic carboxylic acids is 1. The Kier molecular flexibility index (Phi) is 5.61. The molecule has 0 fully saturated rings. The summed E-state index contributed by atoms with van der Waals surface area (Å²) in [7, 11) is 1.61. The van der Waals surface area contributed by atoms with E-state index in [1.807, 2.05) is 32.0 Å². The summed E-state index contributed by atoms with van der Waals surface area (Å²) in [5.74, 6) is -0.0501. The molecule has 0 amide bonds. The van der Waals surface area contributed by atoms with Gasteiger partial charge < -0.3 is 15.6 Å². The molecule has 0 heterocycles. The van der Waals surface area contributed by atoms with Crippen LogP contribution in [0.4, 0.5) is 0 Å². The van der Waals surface area contributed by atoms with Gasteiger partial charge in [-0.2, -0.15) is 0 Å². The Labute approximate surface area is 127 Å². The van der Waals surface area contributed by atoms with Crippen LogP contribution in [0.2, 0.25) is 0 Å². The molecule has 1 unspecified atom stereocenters. The molecule has 1 aromatic carbocycles. The van der Waals surface area contributed by atoms with Crippen LogP contribution in [-0.4, -0.2) is 18.2 Å². The SMILES string of the molecule is COc1ccc(I)cc1C(N)CC(C)(C)CC(=O)O. The van der Waals surface area contributed by atoms with Crippen LogP contribution >= 0.6 is 22.6 Å². The minimum atomic E-state index is -0.799. The molecule has 0 saturated heterocycles. The Morgan fingerprint density at radius 3 is 2.68 bits per heavy atom. The highest BCUT2D eigenvalue weighted by atomic mass is 127. The van der Waals surface area contributed by atoms with Crippen molar-refractivity contribution in [3.63, 3.8) is 0 Å². The van der Waals surface area contributed by atoms with E-state index in [1.165, 1.54) is 0 Å². The van der Waals surface area contributed by atoms with Crippen molar-refractivity contribution in [2.45, 2.75) is 32.7 Å². The molecule has 4 nitrogen and oxygen atoms in total. The average molecular weight is 377 g/mol. The summed E-state index contributed by atoms with van der Waals surface area (Å²) in [6.07, 6.45) is 0.697. The van der Waals surface area contributed by atoms with E-state index in [-0.39, 0.29) is 17.9 Å². The van der Waals surface area contributed by atoms with Crippen molar-refractivity contribution < 1.29 is 14.6 Å². The topological polar surface area (TPSA) is 72.5 Å². The van der Waals surface area contributed by atoms with Gasteiger partial charge in [0.25, 0.3) is 0 Å². The van der Waals surface area contributed by atoms with E-state index in [9.17, 15) is 4.79 Å². The van der Waals surface area contributed by atoms with Crippen molar-refractivity contribution in [3.05, 3.63) is 27.3 Å². The monoisotopic (exact) mass is 377 g/mol. The van der Waals surface area contributed by atoms with Crippen molar-refractivity contribution in [1.29, 1.82) is 0 Å². The molecule has 0 aliphatic carbocycles. The van der Waals surface area contributed by atoms with Crippen molar-refractivity contribution in [2.24, 2.45) is 11.1 Å². The smallest absolute Gasteiger partial charge is 0.303 e. The predicted molar refractivity (Wildman–Crippen MR) is 83.3 cm³/mol. The second-order valence-corrected chi connectivity index (χ2v) is 6.68. The maximum absolute atomic E-state index is 10.8. The number of rotatable bonds is 6. The number of halogens is 1. The first-order valence-electron chi connectivity index (χ1n) is 6.06. The molecule has 0 aromatic heterocycles. The molecule has 1 atom stereocenters. The highest BCUT2D eigenvalue weighted by molar-refractivity contribution is 14.1. The molecular formula is C14H20INO3. The summed E-state index contributed by atoms with van der Waals surface area (Å²) in [5.41, 5.74) is 6.80. The van der Waals surface area contributed by atoms with Crippen LogP contribution in [0, 0.1) is 8.99 Å². The third kappa shape index (κ3) is 4.99. The number of hydrogen-bond donors (Lipinski definition) is 2. The molecule has 19 heavy (non-hydrogen) atoms. The van der Waals surface area contributed by atoms with E-state index in [1.54, 1.807) is 7.11 Å². The molecule has 0 bridgehead atoms. The normalized spacial score (nSPS) is 13.1. The van der Waals surface area contributed by atoms with Crippen LogP contribution in [0.25, 0.3) is 0 Å². The molecule has 0 aliphatic heterocycles. The van der Waals surface area contributed by atoms with Gasteiger partial charge in [-0.3, -0.25) is 4.79 Å². The first-order valence-corrected chi connectivity index (χ1v) is 7.14. The highest BCUT2D eigenvalue weighted by Gasteiger charge is 2.26. The van der Waals surface area contributed by atoms with Gasteiger partial charge in [0.1, 0.15) is 5.75 Å². The minimum absolute atomic E-state index is 0.104. The lowest BCUT2D eigenvalue weighted by Gasteiger charge is -2.27. The lowest BCUT2D eigenvalue weighted by atomic mass is 9.81. The predicted octanol–water partition coefficient (Wildman–Crippen LogP) is 3.19. The van der Waals surface area contributed by atoms with Gasteiger partial charge in [-0.15, -0.1) is 0 Å². The summed E-state index contributed by atoms with van der Waals surface area (Å²) in [6, 6.07) is 5.60. The van der Waals surface area contributed by atoms with E-state index in [0.717, 1.165) is 14.9 Å². The number of carboxylic acids is 1. The minimum Gasteiger partial charge on any atom is -0.496 e. The molecule has 0 aliphatic rings. The summed E-state index contributed by atoms with van der Waals surface area (Å²) in [6.45, 7) is 3.84. The third-order valence-corrected chi connectivity index (χ3v) is 3.66. The van der Waals surface area contributed by atoms with Gasteiger partial charge in [0.2, 0.25) is 0 Å². The average Bonchev–Trinajstić information content (AvgIpc) is 2.26. The molecule has 106 valence electrons. The van der Waals surface area contributed by atoms with Gasteiger partial charge in [-0.05, 0) is 52.6 Å². The zero-order valence-electron chi connectivity index (χ0n) is 11.4. The standard InChI is InChI=1S/C14H20INO3/c1-14(2,8-13(17)18)7-11(16)10-6-9(15)4-5-12(10)19-3/h4-6,11H,7-8,16H2,1-3H3,(H,17,18). The molecular weight excluding hydrogens is 357 g/mol. The zero-order valence-corrected chi connectivity index (χ0v) is 13.6. The Hall–Kier alpha value is -0.820. The lowest BCUT2D eigenvalue weighted by molar-refractivity contribution is -0.139. The first-order chi connectivity index (χ1) is 8.75. The third-order valence-electron chi connectivity index (χ3n) is 2.99. The summed E-state index contributed by atoms with van der Waals surface area (Å²) in [5, 5.41) is 8.91. The molecule has 1 aromatic rings. The number of ether oxygens (including phenoxy) is 1. The number of nitrogens with two attached hydrogens (primary N) is 1. The van der Waals surface area contributed by atoms with Crippen LogP contribution in [0.1, 0.15) is 38.3 Å². The van der Waals surface area contributed by atoms with E-state index in [4.69, 9.17) is 15.6 Å². The molecule has 0 radical (unpaired) electrons. The number of benzene rings is 1. The lowest BCUT2D eigenvalue weighted by Crippen LogP contribution is -2.24. The fourth-order valence-electron chi connectivity index (χ4n) is 2.18.